The van der Waals surface area contributed by atoms with Gasteiger partial charge in [-0.3, -0.25) is 4.98 Å². The van der Waals surface area contributed by atoms with Crippen LogP contribution in [0.1, 0.15) is 19.8 Å². The van der Waals surface area contributed by atoms with Crippen molar-refractivity contribution >= 4 is 10.0 Å². The van der Waals surface area contributed by atoms with Crippen molar-refractivity contribution in [2.45, 2.75) is 25.9 Å². The number of benzene rings is 1. The van der Waals surface area contributed by atoms with Crippen molar-refractivity contribution in [1.82, 2.24) is 19.4 Å². The number of para-hydroxylation sites is 1. The lowest BCUT2D eigenvalue weighted by Gasteiger charge is -2.17. The SMILES string of the molecule is CCCS(=O)(=O)N1CCC(Oc2ccccc2-c2nc(-c3ccncc3)no2)C1. The van der Waals surface area contributed by atoms with E-state index in [1.165, 1.54) is 4.31 Å². The van der Waals surface area contributed by atoms with E-state index in [-0.39, 0.29) is 11.9 Å². The molecule has 0 spiro atoms. The third kappa shape index (κ3) is 4.30. The predicted molar refractivity (Wildman–Crippen MR) is 108 cm³/mol. The molecule has 1 fully saturated rings. The van der Waals surface area contributed by atoms with Gasteiger partial charge in [-0.2, -0.15) is 9.29 Å². The van der Waals surface area contributed by atoms with Crippen LogP contribution in [0.25, 0.3) is 22.8 Å². The molecule has 152 valence electrons. The van der Waals surface area contributed by atoms with Gasteiger partial charge in [-0.25, -0.2) is 8.42 Å². The molecule has 1 aliphatic rings. The molecule has 0 N–H and O–H groups in total. The average molecular weight is 414 g/mol. The average Bonchev–Trinajstić information content (AvgIpc) is 3.39. The highest BCUT2D eigenvalue weighted by Crippen LogP contribution is 2.32. The fourth-order valence-corrected chi connectivity index (χ4v) is 4.86. The molecule has 0 radical (unpaired) electrons. The molecule has 4 rings (SSSR count). The summed E-state index contributed by atoms with van der Waals surface area (Å²) in [6.07, 6.45) is 4.36. The third-order valence-electron chi connectivity index (χ3n) is 4.74. The van der Waals surface area contributed by atoms with E-state index < -0.39 is 10.0 Å². The Morgan fingerprint density at radius 2 is 2.00 bits per heavy atom. The second kappa shape index (κ2) is 8.30. The Morgan fingerprint density at radius 3 is 2.79 bits per heavy atom. The van der Waals surface area contributed by atoms with E-state index in [2.05, 4.69) is 15.1 Å². The predicted octanol–water partition coefficient (Wildman–Crippen LogP) is 2.99. The van der Waals surface area contributed by atoms with Gasteiger partial charge in [0.15, 0.2) is 0 Å². The number of hydrogen-bond acceptors (Lipinski definition) is 7. The van der Waals surface area contributed by atoms with Crippen molar-refractivity contribution in [3.8, 4) is 28.6 Å². The minimum atomic E-state index is -3.22. The maximum Gasteiger partial charge on any atom is 0.262 e. The van der Waals surface area contributed by atoms with Gasteiger partial charge in [0.25, 0.3) is 5.89 Å². The largest absolute Gasteiger partial charge is 0.488 e. The molecule has 29 heavy (non-hydrogen) atoms. The van der Waals surface area contributed by atoms with Gasteiger partial charge < -0.3 is 9.26 Å². The monoisotopic (exact) mass is 414 g/mol. The molecule has 0 bridgehead atoms. The lowest BCUT2D eigenvalue weighted by atomic mass is 10.2. The van der Waals surface area contributed by atoms with Crippen LogP contribution >= 0.6 is 0 Å². The molecule has 8 nitrogen and oxygen atoms in total. The number of nitrogens with zero attached hydrogens (tertiary/aromatic N) is 4. The molecule has 1 aliphatic heterocycles. The second-order valence-corrected chi connectivity index (χ2v) is 8.95. The topological polar surface area (TPSA) is 98.4 Å². The third-order valence-corrected chi connectivity index (χ3v) is 6.78. The summed E-state index contributed by atoms with van der Waals surface area (Å²) in [5.41, 5.74) is 1.48. The number of pyridine rings is 1. The van der Waals surface area contributed by atoms with Crippen molar-refractivity contribution in [1.29, 1.82) is 0 Å². The van der Waals surface area contributed by atoms with Crippen molar-refractivity contribution in [3.63, 3.8) is 0 Å². The zero-order valence-electron chi connectivity index (χ0n) is 16.1. The Balaban J connectivity index is 1.52. The van der Waals surface area contributed by atoms with Gasteiger partial charge in [-0.05, 0) is 37.1 Å². The number of ether oxygens (including phenoxy) is 1. The molecule has 0 amide bonds. The Labute approximate surface area is 169 Å². The van der Waals surface area contributed by atoms with Gasteiger partial charge >= 0.3 is 0 Å². The van der Waals surface area contributed by atoms with Crippen LogP contribution in [0.4, 0.5) is 0 Å². The van der Waals surface area contributed by atoms with E-state index in [9.17, 15) is 8.42 Å². The number of rotatable bonds is 7. The lowest BCUT2D eigenvalue weighted by Crippen LogP contribution is -2.32. The highest BCUT2D eigenvalue weighted by Gasteiger charge is 2.32. The van der Waals surface area contributed by atoms with Gasteiger partial charge in [0.05, 0.1) is 17.9 Å². The first-order valence-corrected chi connectivity index (χ1v) is 11.2. The molecule has 3 aromatic rings. The van der Waals surface area contributed by atoms with Crippen molar-refractivity contribution in [2.75, 3.05) is 18.8 Å². The van der Waals surface area contributed by atoms with E-state index in [1.807, 2.05) is 31.2 Å². The first-order chi connectivity index (χ1) is 14.1. The van der Waals surface area contributed by atoms with E-state index in [4.69, 9.17) is 9.26 Å². The van der Waals surface area contributed by atoms with E-state index in [1.54, 1.807) is 24.5 Å². The van der Waals surface area contributed by atoms with Crippen LogP contribution in [0.2, 0.25) is 0 Å². The van der Waals surface area contributed by atoms with Gasteiger partial charge in [0, 0.05) is 24.5 Å². The molecule has 1 saturated heterocycles. The van der Waals surface area contributed by atoms with Crippen LogP contribution in [0.5, 0.6) is 5.75 Å². The summed E-state index contributed by atoms with van der Waals surface area (Å²) in [5.74, 6) is 1.57. The zero-order chi connectivity index (χ0) is 20.3. The van der Waals surface area contributed by atoms with Crippen LogP contribution in [-0.2, 0) is 10.0 Å². The summed E-state index contributed by atoms with van der Waals surface area (Å²) in [5, 5.41) is 4.04. The van der Waals surface area contributed by atoms with E-state index >= 15 is 0 Å². The lowest BCUT2D eigenvalue weighted by molar-refractivity contribution is 0.216. The molecule has 1 unspecified atom stereocenters. The zero-order valence-corrected chi connectivity index (χ0v) is 16.9. The molecule has 1 aromatic carbocycles. The number of sulfonamides is 1. The molecular weight excluding hydrogens is 392 g/mol. The fraction of sp³-hybridized carbons (Fsp3) is 0.350. The van der Waals surface area contributed by atoms with Crippen molar-refractivity contribution < 1.29 is 17.7 Å². The Kier molecular flexibility index (Phi) is 5.59. The summed E-state index contributed by atoms with van der Waals surface area (Å²) < 4.78 is 37.7. The van der Waals surface area contributed by atoms with Crippen LogP contribution in [0, 0.1) is 0 Å². The Morgan fingerprint density at radius 1 is 1.21 bits per heavy atom. The van der Waals surface area contributed by atoms with Crippen LogP contribution in [0.3, 0.4) is 0 Å². The maximum absolute atomic E-state index is 12.3. The first-order valence-electron chi connectivity index (χ1n) is 9.55. The highest BCUT2D eigenvalue weighted by atomic mass is 32.2. The standard InChI is InChI=1S/C20H22N4O4S/c1-2-13-29(25,26)24-12-9-16(14-24)27-18-6-4-3-5-17(18)20-22-19(23-28-20)15-7-10-21-11-8-15/h3-8,10-11,16H,2,9,12-14H2,1H3. The molecule has 9 heteroatoms. The van der Waals surface area contributed by atoms with E-state index in [0.29, 0.717) is 49.0 Å². The summed E-state index contributed by atoms with van der Waals surface area (Å²) in [6, 6.07) is 11.0. The van der Waals surface area contributed by atoms with Gasteiger partial charge in [-0.1, -0.05) is 24.2 Å². The number of hydrogen-bond donors (Lipinski definition) is 0. The fourth-order valence-electron chi connectivity index (χ4n) is 3.31. The molecule has 2 aromatic heterocycles. The summed E-state index contributed by atoms with van der Waals surface area (Å²) >= 11 is 0. The summed E-state index contributed by atoms with van der Waals surface area (Å²) in [6.45, 7) is 2.69. The molecule has 3 heterocycles. The summed E-state index contributed by atoms with van der Waals surface area (Å²) in [4.78, 5) is 8.46. The maximum atomic E-state index is 12.3. The van der Waals surface area contributed by atoms with Gasteiger partial charge in [-0.15, -0.1) is 0 Å². The van der Waals surface area contributed by atoms with Crippen LogP contribution in [0.15, 0.2) is 53.3 Å². The van der Waals surface area contributed by atoms with Gasteiger partial charge in [0.2, 0.25) is 15.8 Å². The molecule has 0 saturated carbocycles. The van der Waals surface area contributed by atoms with E-state index in [0.717, 1.165) is 5.56 Å². The van der Waals surface area contributed by atoms with Gasteiger partial charge in [0.1, 0.15) is 11.9 Å². The van der Waals surface area contributed by atoms with Crippen molar-refractivity contribution in [2.24, 2.45) is 0 Å². The molecular formula is C20H22N4O4S. The first kappa shape index (κ1) is 19.5. The summed E-state index contributed by atoms with van der Waals surface area (Å²) in [7, 11) is -3.22. The van der Waals surface area contributed by atoms with Crippen molar-refractivity contribution in [3.05, 3.63) is 48.8 Å². The van der Waals surface area contributed by atoms with Crippen LogP contribution in [-0.4, -0.2) is 52.8 Å². The highest BCUT2D eigenvalue weighted by molar-refractivity contribution is 7.89. The minimum absolute atomic E-state index is 0.163. The number of aromatic nitrogens is 3. The quantitative estimate of drug-likeness (QED) is 0.586. The normalized spacial score (nSPS) is 17.5. The Hall–Kier alpha value is -2.78. The molecule has 0 aliphatic carbocycles. The second-order valence-electron chi connectivity index (χ2n) is 6.86. The smallest absolute Gasteiger partial charge is 0.262 e. The minimum Gasteiger partial charge on any atom is -0.488 e. The molecule has 1 atom stereocenters. The Bertz CT molecular complexity index is 1070. The van der Waals surface area contributed by atoms with Crippen LogP contribution < -0.4 is 4.74 Å².